The molecule has 2 aliphatic rings. The third-order valence-corrected chi connectivity index (χ3v) is 10.3. The summed E-state index contributed by atoms with van der Waals surface area (Å²) in [5, 5.41) is 42.5. The van der Waals surface area contributed by atoms with Crippen LogP contribution in [0.2, 0.25) is 0 Å². The van der Waals surface area contributed by atoms with E-state index in [2.05, 4.69) is 9.97 Å². The number of carbonyl (C=O) groups is 4. The van der Waals surface area contributed by atoms with E-state index < -0.39 is 23.9 Å². The molecule has 0 radical (unpaired) electrons. The number of H-pyrrole nitrogens is 2. The van der Waals surface area contributed by atoms with Crippen molar-refractivity contribution < 1.29 is 39.6 Å². The van der Waals surface area contributed by atoms with Crippen LogP contribution in [0.3, 0.4) is 0 Å². The number of rotatable bonds is 8. The molecule has 7 aromatic rings. The van der Waals surface area contributed by atoms with Gasteiger partial charge in [0.05, 0.1) is 50.5 Å². The summed E-state index contributed by atoms with van der Waals surface area (Å²) in [7, 11) is 0. The fourth-order valence-electron chi connectivity index (χ4n) is 7.84. The smallest absolute Gasteiger partial charge is 0.336 e. The molecule has 0 unspecified atom stereocenters. The van der Waals surface area contributed by atoms with Crippen molar-refractivity contribution in [2.45, 2.75) is 0 Å². The molecule has 4 aromatic carbocycles. The number of aromatic carboxylic acids is 4. The number of halogens is 1. The molecule has 61 heavy (non-hydrogen) atoms. The molecule has 0 atom stereocenters. The minimum absolute atomic E-state index is 0. The molecule has 0 spiro atoms. The quantitative estimate of drug-likeness (QED) is 0.0854. The zero-order valence-electron chi connectivity index (χ0n) is 31.6. The van der Waals surface area contributed by atoms with Gasteiger partial charge in [-0.15, -0.1) is 12.4 Å². The van der Waals surface area contributed by atoms with Crippen molar-refractivity contribution in [3.8, 4) is 33.4 Å². The lowest BCUT2D eigenvalue weighted by Gasteiger charge is -2.16. The maximum atomic E-state index is 13.2. The summed E-state index contributed by atoms with van der Waals surface area (Å²) in [6.07, 6.45) is 5.32. The number of aromatic amines is 2. The molecular weight excluding hydrogens is 796 g/mol. The number of nitrogens with one attached hydrogen (secondary N) is 2. The Balaban J connectivity index is 0.00000514. The standard InChI is InChI=1S/C48H30N4O8.ClH/c53-45(54)34-13-5-1-9-30(34)38-23-29-22-27-18-17-25(49-27)21-26-19-20-28(50-26)24-39-40(31-10-2-6-14-35(31)46(55)56)41(32-11-3-7-15-36(32)47(57)58)44(52-39)42(43(38)51-29)33-12-4-8-16-37(33)48(59)60;/h1-24,49,52H,(H,53,54)(H,55,56)(H,57,58)(H,59,60);1H. The molecule has 0 saturated carbocycles. The monoisotopic (exact) mass is 826 g/mol. The molecular formula is C48H31ClN4O8. The number of carboxylic acid groups (broad SMARTS) is 4. The van der Waals surface area contributed by atoms with Gasteiger partial charge in [-0.25, -0.2) is 29.1 Å². The maximum Gasteiger partial charge on any atom is 0.336 e. The largest absolute Gasteiger partial charge is 0.478 e. The Morgan fingerprint density at radius 3 is 1.39 bits per heavy atom. The Morgan fingerprint density at radius 2 is 0.869 bits per heavy atom. The molecule has 5 heterocycles. The van der Waals surface area contributed by atoms with Gasteiger partial charge < -0.3 is 30.4 Å². The van der Waals surface area contributed by atoms with Crippen LogP contribution in [-0.4, -0.2) is 64.2 Å². The molecule has 12 nitrogen and oxygen atoms in total. The molecule has 9 rings (SSSR count). The van der Waals surface area contributed by atoms with Crippen molar-refractivity contribution in [3.05, 3.63) is 178 Å². The van der Waals surface area contributed by atoms with Crippen LogP contribution in [0, 0.1) is 0 Å². The second-order valence-electron chi connectivity index (χ2n) is 14.0. The highest BCUT2D eigenvalue weighted by Gasteiger charge is 2.30. The molecule has 2 aliphatic heterocycles. The van der Waals surface area contributed by atoms with E-state index in [1.165, 1.54) is 24.3 Å². The van der Waals surface area contributed by atoms with Gasteiger partial charge >= 0.3 is 23.9 Å². The average Bonchev–Trinajstić information content (AvgIpc) is 4.05. The summed E-state index contributed by atoms with van der Waals surface area (Å²) < 4.78 is 0. The number of fused-ring (bicyclic) bond motifs is 8. The lowest BCUT2D eigenvalue weighted by atomic mass is 9.87. The SMILES string of the molecule is Cl.O=C(O)c1ccccc1C1=Cc2cc3ccc(cc4nc(cc5[nH]c(c(-c6ccccc6C(=O)O)c1n2)c(-c1ccccc1C(=O)O)c5-c1ccccc1C(=O)O)C=C4)[nH]3. The van der Waals surface area contributed by atoms with Gasteiger partial charge in [0.25, 0.3) is 0 Å². The maximum absolute atomic E-state index is 13.2. The van der Waals surface area contributed by atoms with Crippen LogP contribution in [0.1, 0.15) is 69.8 Å². The van der Waals surface area contributed by atoms with E-state index in [0.717, 1.165) is 5.52 Å². The van der Waals surface area contributed by atoms with Gasteiger partial charge in [0.15, 0.2) is 0 Å². The van der Waals surface area contributed by atoms with Gasteiger partial charge in [-0.05, 0) is 89.5 Å². The predicted molar refractivity (Wildman–Crippen MR) is 235 cm³/mol. The van der Waals surface area contributed by atoms with Crippen LogP contribution in [-0.2, 0) is 0 Å². The van der Waals surface area contributed by atoms with Crippen molar-refractivity contribution in [1.82, 2.24) is 19.9 Å². The third kappa shape index (κ3) is 7.13. The lowest BCUT2D eigenvalue weighted by Crippen LogP contribution is -2.05. The van der Waals surface area contributed by atoms with E-state index in [-0.39, 0.29) is 79.3 Å². The minimum atomic E-state index is -1.28. The van der Waals surface area contributed by atoms with Crippen molar-refractivity contribution in [2.75, 3.05) is 0 Å². The number of benzene rings is 4. The number of nitrogens with zero attached hydrogens (tertiary/aromatic N) is 2. The van der Waals surface area contributed by atoms with Gasteiger partial charge in [0, 0.05) is 44.4 Å². The molecule has 298 valence electrons. The second kappa shape index (κ2) is 15.8. The summed E-state index contributed by atoms with van der Waals surface area (Å²) in [4.78, 5) is 68.9. The molecule has 0 amide bonds. The van der Waals surface area contributed by atoms with Gasteiger partial charge in [0.2, 0.25) is 0 Å². The topological polar surface area (TPSA) is 207 Å². The van der Waals surface area contributed by atoms with Crippen molar-refractivity contribution >= 4 is 82.2 Å². The van der Waals surface area contributed by atoms with E-state index in [1.807, 2.05) is 24.3 Å². The number of hydrogen-bond acceptors (Lipinski definition) is 6. The second-order valence-corrected chi connectivity index (χ2v) is 14.0. The van der Waals surface area contributed by atoms with Crippen molar-refractivity contribution in [3.63, 3.8) is 0 Å². The van der Waals surface area contributed by atoms with Crippen LogP contribution in [0.15, 0.2) is 127 Å². The van der Waals surface area contributed by atoms with Gasteiger partial charge in [-0.3, -0.25) is 0 Å². The minimum Gasteiger partial charge on any atom is -0.478 e. The number of hydrogen-bond donors (Lipinski definition) is 6. The van der Waals surface area contributed by atoms with Crippen LogP contribution >= 0.6 is 12.4 Å². The first-order chi connectivity index (χ1) is 29.0. The van der Waals surface area contributed by atoms with Crippen molar-refractivity contribution in [1.29, 1.82) is 0 Å². The Morgan fingerprint density at radius 1 is 0.443 bits per heavy atom. The molecule has 0 saturated heterocycles. The zero-order chi connectivity index (χ0) is 41.7. The third-order valence-electron chi connectivity index (χ3n) is 10.3. The highest BCUT2D eigenvalue weighted by Crippen LogP contribution is 2.48. The van der Waals surface area contributed by atoms with Crippen LogP contribution in [0.25, 0.3) is 79.2 Å². The summed E-state index contributed by atoms with van der Waals surface area (Å²) >= 11 is 0. The molecule has 0 aliphatic carbocycles. The Bertz CT molecular complexity index is 3250. The molecule has 8 bridgehead atoms. The van der Waals surface area contributed by atoms with E-state index >= 15 is 0 Å². The highest BCUT2D eigenvalue weighted by molar-refractivity contribution is 6.17. The Labute approximate surface area is 351 Å². The van der Waals surface area contributed by atoms with Gasteiger partial charge in [0.1, 0.15) is 0 Å². The summed E-state index contributed by atoms with van der Waals surface area (Å²) in [5.41, 5.74) is 5.05. The fourth-order valence-corrected chi connectivity index (χ4v) is 7.84. The summed E-state index contributed by atoms with van der Waals surface area (Å²) in [6, 6.07) is 34.3. The molecule has 0 fully saturated rings. The zero-order valence-corrected chi connectivity index (χ0v) is 32.4. The van der Waals surface area contributed by atoms with Crippen LogP contribution in [0.5, 0.6) is 0 Å². The fraction of sp³-hybridized carbons (Fsp3) is 0. The normalized spacial score (nSPS) is 11.7. The first-order valence-electron chi connectivity index (χ1n) is 18.5. The molecule has 13 heteroatoms. The first kappa shape index (κ1) is 39.5. The van der Waals surface area contributed by atoms with Crippen molar-refractivity contribution in [2.24, 2.45) is 0 Å². The Kier molecular flexibility index (Phi) is 10.2. The van der Waals surface area contributed by atoms with Gasteiger partial charge in [-0.2, -0.15) is 0 Å². The summed E-state index contributed by atoms with van der Waals surface area (Å²) in [5.74, 6) is -4.99. The van der Waals surface area contributed by atoms with E-state index in [9.17, 15) is 39.6 Å². The van der Waals surface area contributed by atoms with E-state index in [0.29, 0.717) is 39.3 Å². The lowest BCUT2D eigenvalue weighted by molar-refractivity contribution is 0.0686. The average molecular weight is 827 g/mol. The number of aromatic nitrogens is 4. The van der Waals surface area contributed by atoms with E-state index in [4.69, 9.17) is 9.97 Å². The molecule has 3 aromatic heterocycles. The van der Waals surface area contributed by atoms with Crippen LogP contribution in [0.4, 0.5) is 0 Å². The van der Waals surface area contributed by atoms with Crippen LogP contribution < -0.4 is 0 Å². The number of carboxylic acids is 4. The Hall–Kier alpha value is -8.35. The van der Waals surface area contributed by atoms with E-state index in [1.54, 1.807) is 97.1 Å². The molecule has 6 N–H and O–H groups in total. The predicted octanol–water partition coefficient (Wildman–Crippen LogP) is 10.3. The summed E-state index contributed by atoms with van der Waals surface area (Å²) in [6.45, 7) is 0. The highest BCUT2D eigenvalue weighted by atomic mass is 35.5. The first-order valence-corrected chi connectivity index (χ1v) is 18.5. The van der Waals surface area contributed by atoms with Gasteiger partial charge in [-0.1, -0.05) is 72.8 Å².